The lowest BCUT2D eigenvalue weighted by Gasteiger charge is -2.20. The lowest BCUT2D eigenvalue weighted by Crippen LogP contribution is -2.25. The summed E-state index contributed by atoms with van der Waals surface area (Å²) in [5.74, 6) is 0.571. The van der Waals surface area contributed by atoms with E-state index in [1.807, 2.05) is 10.6 Å². The van der Waals surface area contributed by atoms with Crippen molar-refractivity contribution in [3.8, 4) is 11.1 Å². The Balaban J connectivity index is 1.70. The number of hydrogen-bond donors (Lipinski definition) is 1. The first-order valence-corrected chi connectivity index (χ1v) is 11.1. The van der Waals surface area contributed by atoms with Crippen LogP contribution < -0.4 is 10.9 Å². The van der Waals surface area contributed by atoms with Gasteiger partial charge < -0.3 is 9.88 Å². The number of pyridine rings is 3. The van der Waals surface area contributed by atoms with Crippen molar-refractivity contribution in [1.29, 1.82) is 0 Å². The van der Waals surface area contributed by atoms with Gasteiger partial charge in [0.25, 0.3) is 5.56 Å². The molecule has 1 fully saturated rings. The minimum absolute atomic E-state index is 0.0883. The molecule has 0 amide bonds. The molecule has 1 aliphatic rings. The summed E-state index contributed by atoms with van der Waals surface area (Å²) < 4.78 is 15.0. The topological polar surface area (TPSA) is 59.8 Å². The highest BCUT2D eigenvalue weighted by Gasteiger charge is 2.24. The van der Waals surface area contributed by atoms with Crippen LogP contribution in [0.5, 0.6) is 0 Å². The largest absolute Gasteiger partial charge is 0.325 e. The van der Waals surface area contributed by atoms with Crippen molar-refractivity contribution in [1.82, 2.24) is 14.5 Å². The number of halogens is 3. The zero-order valence-corrected chi connectivity index (χ0v) is 18.5. The minimum atomic E-state index is -0.414. The monoisotopic (exact) mass is 468 g/mol. The molecule has 1 aromatic carbocycles. The zero-order valence-electron chi connectivity index (χ0n) is 17.0. The molecule has 1 aliphatic carbocycles. The third-order valence-electron chi connectivity index (χ3n) is 5.83. The number of nitrogens with one attached hydrogen (secondary N) is 1. The van der Waals surface area contributed by atoms with Gasteiger partial charge in [-0.25, -0.2) is 14.4 Å². The van der Waals surface area contributed by atoms with Crippen LogP contribution in [0.3, 0.4) is 0 Å². The van der Waals surface area contributed by atoms with Gasteiger partial charge in [0.1, 0.15) is 17.5 Å². The molecule has 3 aromatic heterocycles. The van der Waals surface area contributed by atoms with Crippen LogP contribution in [0.4, 0.5) is 16.0 Å². The van der Waals surface area contributed by atoms with Crippen LogP contribution in [-0.2, 0) is 0 Å². The van der Waals surface area contributed by atoms with Crippen molar-refractivity contribution in [2.75, 3.05) is 5.32 Å². The maximum Gasteiger partial charge on any atom is 0.259 e. The standard InChI is InChI=1S/C24H19Cl2FN4O/c25-18-6-3-7-19(26)23(18)17-10-14-12-28-22(30-21-9-8-15(27)13-29-21)11-20(14)31(24(17)32)16-4-1-2-5-16/h3,6-13,16H,1-2,4-5H2,(H,28,29,30). The van der Waals surface area contributed by atoms with E-state index in [4.69, 9.17) is 23.2 Å². The maximum atomic E-state index is 13.7. The molecule has 4 aromatic rings. The Bertz CT molecular complexity index is 1350. The van der Waals surface area contributed by atoms with E-state index in [2.05, 4.69) is 15.3 Å². The van der Waals surface area contributed by atoms with Gasteiger partial charge >= 0.3 is 0 Å². The van der Waals surface area contributed by atoms with E-state index in [0.717, 1.165) is 42.8 Å². The average molecular weight is 469 g/mol. The smallest absolute Gasteiger partial charge is 0.259 e. The van der Waals surface area contributed by atoms with E-state index in [1.54, 1.807) is 30.5 Å². The summed E-state index contributed by atoms with van der Waals surface area (Å²) >= 11 is 12.9. The Labute approximate surface area is 193 Å². The Morgan fingerprint density at radius 3 is 2.38 bits per heavy atom. The van der Waals surface area contributed by atoms with Crippen molar-refractivity contribution >= 4 is 45.7 Å². The summed E-state index contributed by atoms with van der Waals surface area (Å²) in [6.07, 6.45) is 6.85. The first-order valence-electron chi connectivity index (χ1n) is 10.4. The fraction of sp³-hybridized carbons (Fsp3) is 0.208. The van der Waals surface area contributed by atoms with Gasteiger partial charge in [-0.05, 0) is 43.2 Å². The third kappa shape index (κ3) is 3.85. The molecule has 32 heavy (non-hydrogen) atoms. The molecule has 1 saturated carbocycles. The van der Waals surface area contributed by atoms with Crippen molar-refractivity contribution in [3.63, 3.8) is 0 Å². The SMILES string of the molecule is O=c1c(-c2c(Cl)cccc2Cl)cc2cnc(Nc3ccc(F)cn3)cc2n1C1CCCC1. The van der Waals surface area contributed by atoms with Crippen LogP contribution >= 0.6 is 23.2 Å². The molecule has 8 heteroatoms. The summed E-state index contributed by atoms with van der Waals surface area (Å²) in [5, 5.41) is 4.75. The summed E-state index contributed by atoms with van der Waals surface area (Å²) in [5.41, 5.74) is 1.64. The second kappa shape index (κ2) is 8.52. The van der Waals surface area contributed by atoms with Gasteiger partial charge in [0.05, 0.1) is 27.3 Å². The molecule has 0 unspecified atom stereocenters. The highest BCUT2D eigenvalue weighted by Crippen LogP contribution is 2.37. The van der Waals surface area contributed by atoms with E-state index in [1.165, 1.54) is 12.1 Å². The lowest BCUT2D eigenvalue weighted by atomic mass is 10.0. The lowest BCUT2D eigenvalue weighted by molar-refractivity contribution is 0.520. The fourth-order valence-corrected chi connectivity index (χ4v) is 4.94. The van der Waals surface area contributed by atoms with Crippen molar-refractivity contribution < 1.29 is 4.39 Å². The Kier molecular flexibility index (Phi) is 5.57. The number of fused-ring (bicyclic) bond motifs is 1. The molecule has 1 N–H and O–H groups in total. The van der Waals surface area contributed by atoms with E-state index < -0.39 is 5.82 Å². The van der Waals surface area contributed by atoms with Gasteiger partial charge in [0.15, 0.2) is 0 Å². The molecule has 0 radical (unpaired) electrons. The number of nitrogens with zero attached hydrogens (tertiary/aromatic N) is 3. The Morgan fingerprint density at radius 1 is 0.969 bits per heavy atom. The predicted molar refractivity (Wildman–Crippen MR) is 126 cm³/mol. The predicted octanol–water partition coefficient (Wildman–Crippen LogP) is 6.76. The second-order valence-corrected chi connectivity index (χ2v) is 8.70. The highest BCUT2D eigenvalue weighted by molar-refractivity contribution is 6.39. The van der Waals surface area contributed by atoms with Gasteiger partial charge in [-0.3, -0.25) is 4.79 Å². The van der Waals surface area contributed by atoms with E-state index in [-0.39, 0.29) is 11.6 Å². The number of hydrogen-bond acceptors (Lipinski definition) is 4. The molecule has 5 nitrogen and oxygen atoms in total. The first kappa shape index (κ1) is 20.9. The molecule has 3 heterocycles. The van der Waals surface area contributed by atoms with Crippen molar-refractivity contribution in [2.24, 2.45) is 0 Å². The first-order chi connectivity index (χ1) is 15.5. The minimum Gasteiger partial charge on any atom is -0.325 e. The Morgan fingerprint density at radius 2 is 1.69 bits per heavy atom. The van der Waals surface area contributed by atoms with E-state index in [0.29, 0.717) is 32.8 Å². The van der Waals surface area contributed by atoms with Crippen molar-refractivity contribution in [3.05, 3.63) is 81.1 Å². The number of anilines is 2. The molecule has 162 valence electrons. The normalized spacial score (nSPS) is 14.2. The Hall–Kier alpha value is -2.96. The maximum absolute atomic E-state index is 13.7. The van der Waals surface area contributed by atoms with Crippen LogP contribution in [0.25, 0.3) is 22.0 Å². The fourth-order valence-electron chi connectivity index (χ4n) is 4.34. The molecule has 0 atom stereocenters. The number of benzene rings is 1. The quantitative estimate of drug-likeness (QED) is 0.359. The molecule has 0 aliphatic heterocycles. The number of rotatable bonds is 4. The summed E-state index contributed by atoms with van der Waals surface area (Å²) in [4.78, 5) is 22.2. The number of aromatic nitrogens is 3. The van der Waals surface area contributed by atoms with Crippen LogP contribution in [-0.4, -0.2) is 14.5 Å². The molecule has 0 spiro atoms. The molecular weight excluding hydrogens is 450 g/mol. The third-order valence-corrected chi connectivity index (χ3v) is 6.46. The van der Waals surface area contributed by atoms with E-state index in [9.17, 15) is 9.18 Å². The van der Waals surface area contributed by atoms with Crippen molar-refractivity contribution in [2.45, 2.75) is 31.7 Å². The molecule has 5 rings (SSSR count). The van der Waals surface area contributed by atoms with Gasteiger partial charge in [-0.2, -0.15) is 0 Å². The van der Waals surface area contributed by atoms with Gasteiger partial charge in [0.2, 0.25) is 0 Å². The summed E-state index contributed by atoms with van der Waals surface area (Å²) in [6, 6.07) is 11.8. The summed E-state index contributed by atoms with van der Waals surface area (Å²) in [6.45, 7) is 0. The van der Waals surface area contributed by atoms with Crippen LogP contribution in [0.1, 0.15) is 31.7 Å². The highest BCUT2D eigenvalue weighted by atomic mass is 35.5. The van der Waals surface area contributed by atoms with E-state index >= 15 is 0 Å². The molecule has 0 bridgehead atoms. The average Bonchev–Trinajstić information content (AvgIpc) is 3.30. The summed E-state index contributed by atoms with van der Waals surface area (Å²) in [7, 11) is 0. The van der Waals surface area contributed by atoms with Crippen LogP contribution in [0.15, 0.2) is 59.7 Å². The second-order valence-electron chi connectivity index (χ2n) is 7.88. The molecular formula is C24H19Cl2FN4O. The molecule has 0 saturated heterocycles. The van der Waals surface area contributed by atoms with Gasteiger partial charge in [-0.1, -0.05) is 42.1 Å². The zero-order chi connectivity index (χ0) is 22.2. The van der Waals surface area contributed by atoms with Crippen LogP contribution in [0.2, 0.25) is 10.0 Å². The van der Waals surface area contributed by atoms with Gasteiger partial charge in [0, 0.05) is 29.3 Å². The van der Waals surface area contributed by atoms with Crippen LogP contribution in [0, 0.1) is 5.82 Å². The van der Waals surface area contributed by atoms with Gasteiger partial charge in [-0.15, -0.1) is 0 Å².